The van der Waals surface area contributed by atoms with Gasteiger partial charge in [0.15, 0.2) is 0 Å². The summed E-state index contributed by atoms with van der Waals surface area (Å²) in [6, 6.07) is 10.7. The monoisotopic (exact) mass is 228 g/mol. The first kappa shape index (κ1) is 11.8. The van der Waals surface area contributed by atoms with Crippen LogP contribution in [0.1, 0.15) is 25.0 Å². The molecule has 0 atom stereocenters. The molecule has 1 aromatic carbocycles. The predicted molar refractivity (Wildman–Crippen MR) is 73.3 cm³/mol. The largest absolute Gasteiger partial charge is 0.381 e. The molecule has 0 radical (unpaired) electrons. The molecule has 2 heteroatoms. The molecule has 2 nitrogen and oxygen atoms in total. The van der Waals surface area contributed by atoms with Crippen molar-refractivity contribution < 1.29 is 0 Å². The lowest BCUT2D eigenvalue weighted by atomic mass is 10.1. The molecule has 0 unspecified atom stereocenters. The third kappa shape index (κ3) is 2.90. The number of hydrogen-bond donors (Lipinski definition) is 1. The average Bonchev–Trinajstić information content (AvgIpc) is 2.84. The van der Waals surface area contributed by atoms with Gasteiger partial charge in [-0.3, -0.25) is 0 Å². The highest BCUT2D eigenvalue weighted by Gasteiger charge is 2.00. The summed E-state index contributed by atoms with van der Waals surface area (Å²) in [5.74, 6) is 0. The van der Waals surface area contributed by atoms with Gasteiger partial charge in [-0.15, -0.1) is 0 Å². The molecule has 0 bridgehead atoms. The number of rotatable bonds is 5. The van der Waals surface area contributed by atoms with Gasteiger partial charge in [0.2, 0.25) is 0 Å². The van der Waals surface area contributed by atoms with Gasteiger partial charge in [0.25, 0.3) is 0 Å². The van der Waals surface area contributed by atoms with Crippen molar-refractivity contribution in [3.05, 3.63) is 53.9 Å². The van der Waals surface area contributed by atoms with Crippen LogP contribution in [-0.4, -0.2) is 4.57 Å². The van der Waals surface area contributed by atoms with Gasteiger partial charge in [-0.25, -0.2) is 0 Å². The first-order valence-corrected chi connectivity index (χ1v) is 6.30. The molecular formula is C15H20N2. The zero-order valence-electron chi connectivity index (χ0n) is 10.6. The van der Waals surface area contributed by atoms with Crippen molar-refractivity contribution in [2.45, 2.75) is 33.4 Å². The molecule has 17 heavy (non-hydrogen) atoms. The maximum atomic E-state index is 3.50. The van der Waals surface area contributed by atoms with Crippen LogP contribution in [0.3, 0.4) is 0 Å². The van der Waals surface area contributed by atoms with Crippen LogP contribution >= 0.6 is 0 Å². The second-order valence-electron chi connectivity index (χ2n) is 4.21. The van der Waals surface area contributed by atoms with E-state index in [0.717, 1.165) is 19.5 Å². The van der Waals surface area contributed by atoms with Gasteiger partial charge in [0.05, 0.1) is 0 Å². The summed E-state index contributed by atoms with van der Waals surface area (Å²) < 4.78 is 2.20. The Hall–Kier alpha value is -1.70. The lowest BCUT2D eigenvalue weighted by Crippen LogP contribution is -2.01. The van der Waals surface area contributed by atoms with Crippen molar-refractivity contribution in [1.29, 1.82) is 0 Å². The lowest BCUT2D eigenvalue weighted by Gasteiger charge is -2.09. The summed E-state index contributed by atoms with van der Waals surface area (Å²) in [5, 5.41) is 3.50. The fourth-order valence-corrected chi connectivity index (χ4v) is 1.99. The molecule has 90 valence electrons. The molecular weight excluding hydrogens is 208 g/mol. The Morgan fingerprint density at radius 1 is 1.12 bits per heavy atom. The van der Waals surface area contributed by atoms with E-state index < -0.39 is 0 Å². The minimum atomic E-state index is 0.893. The molecule has 1 aromatic heterocycles. The van der Waals surface area contributed by atoms with E-state index in [1.54, 1.807) is 0 Å². The Morgan fingerprint density at radius 3 is 2.65 bits per heavy atom. The summed E-state index contributed by atoms with van der Waals surface area (Å²) in [6.45, 7) is 6.27. The van der Waals surface area contributed by atoms with Crippen molar-refractivity contribution in [2.24, 2.45) is 0 Å². The third-order valence-corrected chi connectivity index (χ3v) is 3.06. The van der Waals surface area contributed by atoms with E-state index >= 15 is 0 Å². The molecule has 0 spiro atoms. The van der Waals surface area contributed by atoms with Crippen molar-refractivity contribution in [3.63, 3.8) is 0 Å². The number of benzene rings is 1. The Morgan fingerprint density at radius 2 is 1.94 bits per heavy atom. The summed E-state index contributed by atoms with van der Waals surface area (Å²) in [5.41, 5.74) is 3.96. The number of anilines is 1. The third-order valence-electron chi connectivity index (χ3n) is 3.06. The number of aromatic nitrogens is 1. The molecule has 0 aliphatic rings. The van der Waals surface area contributed by atoms with E-state index in [1.807, 2.05) is 0 Å². The smallest absolute Gasteiger partial charge is 0.0415 e. The number of aryl methyl sites for hydroxylation is 2. The maximum absolute atomic E-state index is 3.50. The minimum absolute atomic E-state index is 0.893. The second kappa shape index (κ2) is 5.58. The van der Waals surface area contributed by atoms with E-state index in [4.69, 9.17) is 0 Å². The second-order valence-corrected chi connectivity index (χ2v) is 4.21. The van der Waals surface area contributed by atoms with Crippen LogP contribution in [0.15, 0.2) is 42.7 Å². The van der Waals surface area contributed by atoms with Gasteiger partial charge >= 0.3 is 0 Å². The first-order valence-electron chi connectivity index (χ1n) is 6.30. The van der Waals surface area contributed by atoms with Gasteiger partial charge < -0.3 is 9.88 Å². The van der Waals surface area contributed by atoms with E-state index in [2.05, 4.69) is 66.5 Å². The Kier molecular flexibility index (Phi) is 3.86. The maximum Gasteiger partial charge on any atom is 0.0415 e. The zero-order chi connectivity index (χ0) is 12.1. The highest BCUT2D eigenvalue weighted by atomic mass is 14.9. The van der Waals surface area contributed by atoms with Gasteiger partial charge in [-0.2, -0.15) is 0 Å². The normalized spacial score (nSPS) is 10.5. The summed E-state index contributed by atoms with van der Waals surface area (Å²) in [7, 11) is 0. The molecule has 0 fully saturated rings. The SMILES string of the molecule is CCc1ccccc1NCc1ccn(CC)c1. The quantitative estimate of drug-likeness (QED) is 0.826. The molecule has 0 aliphatic carbocycles. The Balaban J connectivity index is 2.01. The molecule has 1 N–H and O–H groups in total. The van der Waals surface area contributed by atoms with Gasteiger partial charge in [-0.05, 0) is 36.6 Å². The standard InChI is InChI=1S/C15H20N2/c1-3-14-7-5-6-8-15(14)16-11-13-9-10-17(4-2)12-13/h5-10,12,16H,3-4,11H2,1-2H3. The highest BCUT2D eigenvalue weighted by molar-refractivity contribution is 5.51. The summed E-state index contributed by atoms with van der Waals surface area (Å²) in [6.07, 6.45) is 5.39. The van der Waals surface area contributed by atoms with E-state index in [1.165, 1.54) is 16.8 Å². The van der Waals surface area contributed by atoms with Crippen molar-refractivity contribution in [2.75, 3.05) is 5.32 Å². The summed E-state index contributed by atoms with van der Waals surface area (Å²) >= 11 is 0. The zero-order valence-corrected chi connectivity index (χ0v) is 10.6. The number of nitrogens with one attached hydrogen (secondary N) is 1. The Bertz CT molecular complexity index is 471. The number of hydrogen-bond acceptors (Lipinski definition) is 1. The highest BCUT2D eigenvalue weighted by Crippen LogP contribution is 2.16. The molecule has 2 rings (SSSR count). The van der Waals surface area contributed by atoms with E-state index in [9.17, 15) is 0 Å². The molecule has 0 amide bonds. The Labute approximate surface area is 103 Å². The lowest BCUT2D eigenvalue weighted by molar-refractivity contribution is 0.766. The van der Waals surface area contributed by atoms with Crippen molar-refractivity contribution >= 4 is 5.69 Å². The first-order chi connectivity index (χ1) is 8.33. The average molecular weight is 228 g/mol. The fraction of sp³-hybridized carbons (Fsp3) is 0.333. The van der Waals surface area contributed by atoms with Gasteiger partial charge in [-0.1, -0.05) is 25.1 Å². The van der Waals surface area contributed by atoms with Gasteiger partial charge in [0.1, 0.15) is 0 Å². The van der Waals surface area contributed by atoms with Crippen LogP contribution in [0.5, 0.6) is 0 Å². The van der Waals surface area contributed by atoms with Gasteiger partial charge in [0, 0.05) is 31.2 Å². The van der Waals surface area contributed by atoms with Crippen LogP contribution < -0.4 is 5.32 Å². The van der Waals surface area contributed by atoms with Crippen LogP contribution in [-0.2, 0) is 19.5 Å². The molecule has 0 saturated carbocycles. The van der Waals surface area contributed by atoms with Crippen LogP contribution in [0.4, 0.5) is 5.69 Å². The van der Waals surface area contributed by atoms with Crippen LogP contribution in [0, 0.1) is 0 Å². The fourth-order valence-electron chi connectivity index (χ4n) is 1.99. The molecule has 0 aliphatic heterocycles. The molecule has 0 saturated heterocycles. The predicted octanol–water partition coefficient (Wildman–Crippen LogP) is 3.68. The minimum Gasteiger partial charge on any atom is -0.381 e. The summed E-state index contributed by atoms with van der Waals surface area (Å²) in [4.78, 5) is 0. The number of nitrogens with zero attached hydrogens (tertiary/aromatic N) is 1. The topological polar surface area (TPSA) is 17.0 Å². The van der Waals surface area contributed by atoms with E-state index in [0.29, 0.717) is 0 Å². The van der Waals surface area contributed by atoms with Crippen LogP contribution in [0.25, 0.3) is 0 Å². The molecule has 2 aromatic rings. The van der Waals surface area contributed by atoms with Crippen LogP contribution in [0.2, 0.25) is 0 Å². The molecule has 1 heterocycles. The van der Waals surface area contributed by atoms with E-state index in [-0.39, 0.29) is 0 Å². The number of para-hydroxylation sites is 1. The van der Waals surface area contributed by atoms with Crippen molar-refractivity contribution in [3.8, 4) is 0 Å². The van der Waals surface area contributed by atoms with Crippen molar-refractivity contribution in [1.82, 2.24) is 4.57 Å².